The summed E-state index contributed by atoms with van der Waals surface area (Å²) in [6, 6.07) is 0. The first kappa shape index (κ1) is 12.5. The van der Waals surface area contributed by atoms with Gasteiger partial charge >= 0.3 is 0 Å². The molecular formula is C11H17N7. The Morgan fingerprint density at radius 2 is 2.11 bits per heavy atom. The van der Waals surface area contributed by atoms with Crippen LogP contribution in [0.25, 0.3) is 0 Å². The van der Waals surface area contributed by atoms with E-state index in [0.717, 1.165) is 18.8 Å². The smallest absolute Gasteiger partial charge is 0.158 e. The lowest BCUT2D eigenvalue weighted by Crippen LogP contribution is -2.18. The number of anilines is 1. The first-order chi connectivity index (χ1) is 8.67. The summed E-state index contributed by atoms with van der Waals surface area (Å²) in [4.78, 5) is 10.5. The molecule has 2 aromatic rings. The maximum absolute atomic E-state index is 5.23. The molecule has 0 aromatic carbocycles. The molecule has 0 aliphatic carbocycles. The predicted octanol–water partition coefficient (Wildman–Crippen LogP) is 0.128. The number of hydrogen-bond acceptors (Lipinski definition) is 6. The van der Waals surface area contributed by atoms with Crippen LogP contribution in [0.5, 0.6) is 0 Å². The summed E-state index contributed by atoms with van der Waals surface area (Å²) in [6.45, 7) is 1.55. The Kier molecular flexibility index (Phi) is 3.85. The maximum atomic E-state index is 5.23. The van der Waals surface area contributed by atoms with Gasteiger partial charge in [-0.3, -0.25) is 14.6 Å². The summed E-state index contributed by atoms with van der Waals surface area (Å²) in [5, 5.41) is 4.14. The molecule has 0 unspecified atom stereocenters. The Hall–Kier alpha value is -1.99. The third-order valence-electron chi connectivity index (χ3n) is 2.50. The number of nitrogen functional groups attached to an aromatic ring is 1. The highest BCUT2D eigenvalue weighted by atomic mass is 15.3. The van der Waals surface area contributed by atoms with Crippen LogP contribution in [0.15, 0.2) is 24.8 Å². The lowest BCUT2D eigenvalue weighted by atomic mass is 10.3. The lowest BCUT2D eigenvalue weighted by Gasteiger charge is -2.14. The van der Waals surface area contributed by atoms with E-state index in [2.05, 4.69) is 25.4 Å². The molecule has 2 aromatic heterocycles. The number of aromatic nitrogens is 4. The summed E-state index contributed by atoms with van der Waals surface area (Å²) in [7, 11) is 3.94. The van der Waals surface area contributed by atoms with Crippen LogP contribution in [-0.2, 0) is 20.1 Å². The Balaban J connectivity index is 1.91. The van der Waals surface area contributed by atoms with Gasteiger partial charge in [0.2, 0.25) is 0 Å². The molecule has 7 heteroatoms. The Morgan fingerprint density at radius 3 is 2.67 bits per heavy atom. The van der Waals surface area contributed by atoms with Crippen molar-refractivity contribution in [2.45, 2.75) is 13.1 Å². The van der Waals surface area contributed by atoms with Gasteiger partial charge in [-0.25, -0.2) is 10.8 Å². The zero-order valence-electron chi connectivity index (χ0n) is 10.5. The highest BCUT2D eigenvalue weighted by Crippen LogP contribution is 2.06. The highest BCUT2D eigenvalue weighted by Gasteiger charge is 2.05. The zero-order valence-corrected chi connectivity index (χ0v) is 10.5. The van der Waals surface area contributed by atoms with Crippen LogP contribution >= 0.6 is 0 Å². The van der Waals surface area contributed by atoms with E-state index in [1.165, 1.54) is 5.56 Å². The van der Waals surface area contributed by atoms with E-state index in [4.69, 9.17) is 5.84 Å². The Labute approximate surface area is 106 Å². The van der Waals surface area contributed by atoms with Crippen LogP contribution in [0.3, 0.4) is 0 Å². The molecule has 0 bridgehead atoms. The first-order valence-electron chi connectivity index (χ1n) is 5.61. The van der Waals surface area contributed by atoms with Crippen molar-refractivity contribution in [3.05, 3.63) is 36.0 Å². The van der Waals surface area contributed by atoms with Crippen LogP contribution in [0, 0.1) is 0 Å². The van der Waals surface area contributed by atoms with Gasteiger partial charge in [0.25, 0.3) is 0 Å². The molecule has 0 amide bonds. The van der Waals surface area contributed by atoms with Crippen LogP contribution in [0.4, 0.5) is 5.82 Å². The fourth-order valence-electron chi connectivity index (χ4n) is 1.71. The van der Waals surface area contributed by atoms with Crippen LogP contribution < -0.4 is 11.3 Å². The minimum Gasteiger partial charge on any atom is -0.307 e. The fraction of sp³-hybridized carbons (Fsp3) is 0.364. The van der Waals surface area contributed by atoms with E-state index in [0.29, 0.717) is 5.82 Å². The van der Waals surface area contributed by atoms with Gasteiger partial charge in [-0.1, -0.05) is 0 Å². The third kappa shape index (κ3) is 3.25. The van der Waals surface area contributed by atoms with E-state index in [9.17, 15) is 0 Å². The van der Waals surface area contributed by atoms with Gasteiger partial charge < -0.3 is 5.43 Å². The standard InChI is InChI=1S/C11H17N7/c1-17(6-9-3-15-18(2)7-9)8-10-4-14-11(16-12)5-13-10/h3-5,7H,6,8,12H2,1-2H3,(H,14,16). The SMILES string of the molecule is CN(Cc1cnn(C)c1)Cc1cnc(NN)cn1. The molecule has 0 saturated heterocycles. The largest absolute Gasteiger partial charge is 0.307 e. The van der Waals surface area contributed by atoms with Crippen molar-refractivity contribution in [2.24, 2.45) is 12.9 Å². The summed E-state index contributed by atoms with van der Waals surface area (Å²) in [6.07, 6.45) is 7.20. The summed E-state index contributed by atoms with van der Waals surface area (Å²) >= 11 is 0. The second-order valence-corrected chi connectivity index (χ2v) is 4.23. The maximum Gasteiger partial charge on any atom is 0.158 e. The number of nitrogens with two attached hydrogens (primary N) is 1. The minimum absolute atomic E-state index is 0.564. The van der Waals surface area contributed by atoms with E-state index in [1.54, 1.807) is 17.1 Å². The van der Waals surface area contributed by atoms with Crippen molar-refractivity contribution >= 4 is 5.82 Å². The average Bonchev–Trinajstić information content (AvgIpc) is 2.75. The first-order valence-corrected chi connectivity index (χ1v) is 5.61. The van der Waals surface area contributed by atoms with Gasteiger partial charge in [0.15, 0.2) is 5.82 Å². The fourth-order valence-corrected chi connectivity index (χ4v) is 1.71. The van der Waals surface area contributed by atoms with Crippen molar-refractivity contribution in [3.63, 3.8) is 0 Å². The molecule has 0 atom stereocenters. The Morgan fingerprint density at radius 1 is 1.28 bits per heavy atom. The second kappa shape index (κ2) is 5.56. The van der Waals surface area contributed by atoms with Crippen molar-refractivity contribution in [1.82, 2.24) is 24.6 Å². The minimum atomic E-state index is 0.564. The number of nitrogens with one attached hydrogen (secondary N) is 1. The highest BCUT2D eigenvalue weighted by molar-refractivity contribution is 5.28. The topological polar surface area (TPSA) is 84.9 Å². The second-order valence-electron chi connectivity index (χ2n) is 4.23. The van der Waals surface area contributed by atoms with E-state index < -0.39 is 0 Å². The molecule has 2 heterocycles. The summed E-state index contributed by atoms with van der Waals surface area (Å²) in [5.74, 6) is 5.80. The van der Waals surface area contributed by atoms with Gasteiger partial charge in [-0.2, -0.15) is 5.10 Å². The van der Waals surface area contributed by atoms with Gasteiger partial charge in [-0.05, 0) is 7.05 Å². The molecule has 0 saturated carbocycles. The molecule has 0 fully saturated rings. The van der Waals surface area contributed by atoms with Crippen LogP contribution in [0.2, 0.25) is 0 Å². The molecule has 0 aliphatic rings. The van der Waals surface area contributed by atoms with Crippen LogP contribution in [0.1, 0.15) is 11.3 Å². The Bertz CT molecular complexity index is 490. The van der Waals surface area contributed by atoms with Gasteiger partial charge in [0.05, 0.1) is 24.3 Å². The molecule has 18 heavy (non-hydrogen) atoms. The number of hydrazine groups is 1. The molecule has 96 valence electrons. The van der Waals surface area contributed by atoms with Gasteiger partial charge in [-0.15, -0.1) is 0 Å². The van der Waals surface area contributed by atoms with Crippen molar-refractivity contribution in [2.75, 3.05) is 12.5 Å². The number of nitrogens with zero attached hydrogens (tertiary/aromatic N) is 5. The predicted molar refractivity (Wildman–Crippen MR) is 68.2 cm³/mol. The van der Waals surface area contributed by atoms with E-state index in [1.807, 2.05) is 26.5 Å². The monoisotopic (exact) mass is 247 g/mol. The molecule has 3 N–H and O–H groups in total. The number of rotatable bonds is 5. The van der Waals surface area contributed by atoms with Gasteiger partial charge in [0.1, 0.15) is 0 Å². The number of hydrogen-bond donors (Lipinski definition) is 2. The molecule has 7 nitrogen and oxygen atoms in total. The molecule has 0 spiro atoms. The van der Waals surface area contributed by atoms with Crippen molar-refractivity contribution < 1.29 is 0 Å². The van der Waals surface area contributed by atoms with Crippen LogP contribution in [-0.4, -0.2) is 31.7 Å². The molecule has 2 rings (SSSR count). The lowest BCUT2D eigenvalue weighted by molar-refractivity contribution is 0.314. The summed E-state index contributed by atoms with van der Waals surface area (Å²) in [5.41, 5.74) is 4.53. The van der Waals surface area contributed by atoms with E-state index in [-0.39, 0.29) is 0 Å². The van der Waals surface area contributed by atoms with E-state index >= 15 is 0 Å². The quantitative estimate of drug-likeness (QED) is 0.577. The zero-order chi connectivity index (χ0) is 13.0. The third-order valence-corrected chi connectivity index (χ3v) is 2.50. The molecular weight excluding hydrogens is 230 g/mol. The number of aryl methyl sites for hydroxylation is 1. The average molecular weight is 247 g/mol. The molecule has 0 radical (unpaired) electrons. The normalized spacial score (nSPS) is 10.9. The van der Waals surface area contributed by atoms with Crippen molar-refractivity contribution in [3.8, 4) is 0 Å². The summed E-state index contributed by atoms with van der Waals surface area (Å²) < 4.78 is 1.80. The van der Waals surface area contributed by atoms with Crippen molar-refractivity contribution in [1.29, 1.82) is 0 Å². The molecule has 0 aliphatic heterocycles. The van der Waals surface area contributed by atoms with Gasteiger partial charge in [0, 0.05) is 31.9 Å².